The number of hydrogen-bond donors (Lipinski definition) is 3. The van der Waals surface area contributed by atoms with Crippen molar-refractivity contribution < 1.29 is 55.7 Å². The van der Waals surface area contributed by atoms with Crippen molar-refractivity contribution in [1.82, 2.24) is 5.48 Å². The molecular formula is C50H79NO12S. The summed E-state index contributed by atoms with van der Waals surface area (Å²) >= 11 is 0. The molecule has 2 unspecified atom stereocenters. The minimum Gasteiger partial charge on any atom is -0.462 e. The molecule has 0 saturated carbocycles. The minimum absolute atomic E-state index is 0.0697. The Morgan fingerprint density at radius 2 is 1.17 bits per heavy atom. The zero-order chi connectivity index (χ0) is 46.1. The third-order valence-electron chi connectivity index (χ3n) is 11.7. The monoisotopic (exact) mass is 918 g/mol. The van der Waals surface area contributed by atoms with Gasteiger partial charge in [0.2, 0.25) is 5.91 Å². The Hall–Kier alpha value is -3.40. The molecule has 1 amide bonds. The lowest BCUT2D eigenvalue weighted by Gasteiger charge is -2.38. The number of hydroxylamine groups is 1. The highest BCUT2D eigenvalue weighted by molar-refractivity contribution is 7.80. The van der Waals surface area contributed by atoms with E-state index in [-0.39, 0.29) is 31.7 Å². The fourth-order valence-corrected chi connectivity index (χ4v) is 8.66. The maximum Gasteiger partial charge on any atom is 0.397 e. The van der Waals surface area contributed by atoms with E-state index < -0.39 is 59.6 Å². The van der Waals surface area contributed by atoms with Crippen LogP contribution in [0.15, 0.2) is 60.7 Å². The van der Waals surface area contributed by atoms with E-state index in [0.29, 0.717) is 19.3 Å². The minimum atomic E-state index is -5.03. The van der Waals surface area contributed by atoms with Gasteiger partial charge in [0.15, 0.2) is 6.29 Å². The summed E-state index contributed by atoms with van der Waals surface area (Å²) in [4.78, 5) is 44.7. The number of ether oxygens (including phenoxy) is 3. The van der Waals surface area contributed by atoms with Crippen molar-refractivity contribution in [2.24, 2.45) is 0 Å². The van der Waals surface area contributed by atoms with Gasteiger partial charge in [-0.3, -0.25) is 18.9 Å². The summed E-state index contributed by atoms with van der Waals surface area (Å²) in [6, 6.07) is 20.8. The molecule has 2 aromatic rings. The molecule has 5 atom stereocenters. The summed E-state index contributed by atoms with van der Waals surface area (Å²) in [7, 11) is -5.03. The number of aryl methyl sites for hydroxylation is 2. The van der Waals surface area contributed by atoms with E-state index in [0.717, 1.165) is 103 Å². The summed E-state index contributed by atoms with van der Waals surface area (Å²) in [5.41, 5.74) is 5.02. The van der Waals surface area contributed by atoms with E-state index in [9.17, 15) is 32.5 Å². The lowest BCUT2D eigenvalue weighted by atomic mass is 10.0. The number of rotatable bonds is 37. The highest BCUT2D eigenvalue weighted by Gasteiger charge is 2.45. The van der Waals surface area contributed by atoms with Crippen LogP contribution in [0.1, 0.15) is 185 Å². The molecule has 1 saturated heterocycles. The molecule has 0 aromatic heterocycles. The van der Waals surface area contributed by atoms with Gasteiger partial charge in [0, 0.05) is 19.3 Å². The molecule has 64 heavy (non-hydrogen) atoms. The SMILES string of the molecule is CCCCCCCCCCCC(CC(=O)NOC1C[C@@H](OC(=O)CCCCCCCCc2ccccc2)[C@H](OS(=O)(=O)O)[C@@H](CO)O1)OC(=O)CCCCCCCCc1ccccc1. The van der Waals surface area contributed by atoms with Gasteiger partial charge in [0.25, 0.3) is 0 Å². The van der Waals surface area contributed by atoms with Crippen molar-refractivity contribution in [3.63, 3.8) is 0 Å². The van der Waals surface area contributed by atoms with Gasteiger partial charge in [0.05, 0.1) is 13.0 Å². The average molecular weight is 918 g/mol. The largest absolute Gasteiger partial charge is 0.462 e. The number of aliphatic hydroxyl groups is 1. The van der Waals surface area contributed by atoms with E-state index >= 15 is 0 Å². The van der Waals surface area contributed by atoms with Gasteiger partial charge >= 0.3 is 22.3 Å². The summed E-state index contributed by atoms with van der Waals surface area (Å²) in [6.07, 6.45) is 18.1. The van der Waals surface area contributed by atoms with Gasteiger partial charge in [0.1, 0.15) is 24.4 Å². The van der Waals surface area contributed by atoms with Gasteiger partial charge in [-0.15, -0.1) is 0 Å². The quantitative estimate of drug-likeness (QED) is 0.0253. The molecule has 1 heterocycles. The van der Waals surface area contributed by atoms with Gasteiger partial charge in [-0.25, -0.2) is 14.5 Å². The van der Waals surface area contributed by atoms with E-state index in [1.54, 1.807) is 0 Å². The fourth-order valence-electron chi connectivity index (χ4n) is 8.13. The van der Waals surface area contributed by atoms with Crippen LogP contribution in [-0.4, -0.2) is 73.2 Å². The standard InChI is InChI=1S/C50H79NO12S/c1-2-3-4-5-6-7-8-15-26-35-43(59-47(54)36-27-16-11-9-13-20-29-41-31-22-18-23-32-41)38-46(53)51-62-49-39-44(50(45(40-52)61-49)63-64(56,57)58)60-48(55)37-28-17-12-10-14-21-30-42-33-24-19-25-34-42/h18-19,22-25,31-34,43-45,49-50,52H,2-17,20-21,26-30,35-40H2,1H3,(H,51,53)(H,56,57,58)/t43?,44-,45-,49?,50+/m1/s1. The Morgan fingerprint density at radius 3 is 1.69 bits per heavy atom. The first-order chi connectivity index (χ1) is 31.1. The Morgan fingerprint density at radius 1 is 0.688 bits per heavy atom. The van der Waals surface area contributed by atoms with Gasteiger partial charge < -0.3 is 19.3 Å². The molecule has 3 rings (SSSR count). The summed E-state index contributed by atoms with van der Waals surface area (Å²) < 4.78 is 54.9. The number of unbranched alkanes of at least 4 members (excludes halogenated alkanes) is 18. The van der Waals surface area contributed by atoms with Gasteiger partial charge in [-0.2, -0.15) is 8.42 Å². The summed E-state index contributed by atoms with van der Waals surface area (Å²) in [5, 5.41) is 10.1. The highest BCUT2D eigenvalue weighted by Crippen LogP contribution is 2.28. The molecule has 14 heteroatoms. The lowest BCUT2D eigenvalue weighted by molar-refractivity contribution is -0.271. The highest BCUT2D eigenvalue weighted by atomic mass is 32.3. The predicted molar refractivity (Wildman–Crippen MR) is 247 cm³/mol. The van der Waals surface area contributed by atoms with Crippen LogP contribution in [-0.2, 0) is 60.9 Å². The molecular weight excluding hydrogens is 839 g/mol. The van der Waals surface area contributed by atoms with Crippen molar-refractivity contribution >= 4 is 28.2 Å². The zero-order valence-corrected chi connectivity index (χ0v) is 39.4. The average Bonchev–Trinajstić information content (AvgIpc) is 3.27. The van der Waals surface area contributed by atoms with Crippen LogP contribution in [0.5, 0.6) is 0 Å². The number of carbonyl (C=O) groups is 3. The van der Waals surface area contributed by atoms with E-state index in [2.05, 4.69) is 48.8 Å². The number of hydrogen-bond acceptors (Lipinski definition) is 11. The number of esters is 2. The Labute approximate surface area is 384 Å². The molecule has 0 spiro atoms. The van der Waals surface area contributed by atoms with Crippen molar-refractivity contribution in [3.05, 3.63) is 71.8 Å². The second-order valence-electron chi connectivity index (χ2n) is 17.3. The van der Waals surface area contributed by atoms with Crippen LogP contribution < -0.4 is 5.48 Å². The normalized spacial score (nSPS) is 18.0. The number of amides is 1. The van der Waals surface area contributed by atoms with E-state index in [1.807, 2.05) is 24.3 Å². The number of nitrogens with one attached hydrogen (secondary N) is 1. The topological polar surface area (TPSA) is 184 Å². The maximum absolute atomic E-state index is 13.2. The second kappa shape index (κ2) is 34.0. The van der Waals surface area contributed by atoms with Crippen LogP contribution in [0.4, 0.5) is 0 Å². The third kappa shape index (κ3) is 26.5. The van der Waals surface area contributed by atoms with Crippen LogP contribution >= 0.6 is 0 Å². The first-order valence-corrected chi connectivity index (χ1v) is 25.8. The second-order valence-corrected chi connectivity index (χ2v) is 18.4. The van der Waals surface area contributed by atoms with Crippen molar-refractivity contribution in [2.75, 3.05) is 6.61 Å². The molecule has 0 radical (unpaired) electrons. The molecule has 3 N–H and O–H groups in total. The predicted octanol–water partition coefficient (Wildman–Crippen LogP) is 10.4. The molecule has 2 aromatic carbocycles. The number of aliphatic hydroxyl groups excluding tert-OH is 1. The van der Waals surface area contributed by atoms with Crippen LogP contribution in [0.2, 0.25) is 0 Å². The smallest absolute Gasteiger partial charge is 0.397 e. The van der Waals surface area contributed by atoms with E-state index in [1.165, 1.54) is 43.2 Å². The van der Waals surface area contributed by atoms with Crippen LogP contribution in [0.3, 0.4) is 0 Å². The van der Waals surface area contributed by atoms with Gasteiger partial charge in [-0.05, 0) is 62.5 Å². The van der Waals surface area contributed by atoms with Crippen molar-refractivity contribution in [2.45, 2.75) is 217 Å². The molecule has 13 nitrogen and oxygen atoms in total. The summed E-state index contributed by atoms with van der Waals surface area (Å²) in [6.45, 7) is 1.44. The number of carbonyl (C=O) groups excluding carboxylic acids is 3. The van der Waals surface area contributed by atoms with Crippen LogP contribution in [0.25, 0.3) is 0 Å². The number of benzene rings is 2. The van der Waals surface area contributed by atoms with Crippen molar-refractivity contribution in [1.29, 1.82) is 0 Å². The van der Waals surface area contributed by atoms with Gasteiger partial charge in [-0.1, -0.05) is 170 Å². The first-order valence-electron chi connectivity index (χ1n) is 24.4. The Balaban J connectivity index is 1.45. The Kier molecular flexibility index (Phi) is 29.2. The van der Waals surface area contributed by atoms with Crippen LogP contribution in [0, 0.1) is 0 Å². The molecule has 1 aliphatic heterocycles. The molecule has 0 bridgehead atoms. The lowest BCUT2D eigenvalue weighted by Crippen LogP contribution is -2.55. The summed E-state index contributed by atoms with van der Waals surface area (Å²) in [5.74, 6) is -1.52. The Bertz CT molecular complexity index is 1630. The molecule has 1 aliphatic rings. The molecule has 0 aliphatic carbocycles. The first kappa shape index (κ1) is 54.9. The third-order valence-corrected chi connectivity index (χ3v) is 12.2. The maximum atomic E-state index is 13.2. The van der Waals surface area contributed by atoms with E-state index in [4.69, 9.17) is 23.2 Å². The van der Waals surface area contributed by atoms with Crippen molar-refractivity contribution in [3.8, 4) is 0 Å². The molecule has 362 valence electrons. The fraction of sp³-hybridized carbons (Fsp3) is 0.700. The zero-order valence-electron chi connectivity index (χ0n) is 38.6. The molecule has 1 fully saturated rings.